The molecule has 0 spiro atoms. The van der Waals surface area contributed by atoms with E-state index in [0.29, 0.717) is 72.5 Å². The van der Waals surface area contributed by atoms with E-state index in [-0.39, 0.29) is 38.3 Å². The molecule has 78 heavy (non-hydrogen) atoms. The molecule has 0 saturated heterocycles. The predicted octanol–water partition coefficient (Wildman–Crippen LogP) is 13.5. The number of esters is 6. The smallest absolute Gasteiger partial charge is 0.337 e. The number of hydrogen-bond donors (Lipinski definition) is 0. The fourth-order valence-electron chi connectivity index (χ4n) is 8.21. The van der Waals surface area contributed by atoms with Crippen molar-refractivity contribution in [1.82, 2.24) is 0 Å². The topological polar surface area (TPSA) is 185 Å². The van der Waals surface area contributed by atoms with Gasteiger partial charge in [-0.25, -0.2) is 14.4 Å². The van der Waals surface area contributed by atoms with Crippen molar-refractivity contribution in [2.45, 2.75) is 167 Å². The summed E-state index contributed by atoms with van der Waals surface area (Å²) in [5.41, 5.74) is 2.96. The second kappa shape index (κ2) is 40.3. The molecule has 0 atom stereocenters. The van der Waals surface area contributed by atoms with Crippen molar-refractivity contribution in [3.05, 3.63) is 109 Å². The Labute approximate surface area is 463 Å². The zero-order valence-electron chi connectivity index (χ0n) is 46.8. The van der Waals surface area contributed by atoms with E-state index in [2.05, 4.69) is 19.7 Å². The van der Waals surface area contributed by atoms with Gasteiger partial charge in [0.2, 0.25) is 0 Å². The van der Waals surface area contributed by atoms with Crippen LogP contribution in [0.1, 0.15) is 177 Å². The van der Waals surface area contributed by atoms with E-state index in [9.17, 15) is 28.8 Å². The molecule has 0 radical (unpaired) electrons. The number of unbranched alkanes of at least 4 members (excludes halogenated alkanes) is 18. The Balaban J connectivity index is 1.28. The number of carbonyl (C=O) groups is 6. The lowest BCUT2D eigenvalue weighted by atomic mass is 10.1. The van der Waals surface area contributed by atoms with Gasteiger partial charge in [0.1, 0.15) is 17.2 Å². The molecular weight excluding hydrogens is 997 g/mol. The van der Waals surface area contributed by atoms with Gasteiger partial charge >= 0.3 is 35.8 Å². The lowest BCUT2D eigenvalue weighted by Gasteiger charge is -2.18. The first-order valence-electron chi connectivity index (χ1n) is 27.9. The third-order valence-corrected chi connectivity index (χ3v) is 12.9. The van der Waals surface area contributed by atoms with Gasteiger partial charge in [-0.05, 0) is 91.6 Å². The summed E-state index contributed by atoms with van der Waals surface area (Å²) in [4.78, 5) is 73.5. The predicted molar refractivity (Wildman–Crippen MR) is 301 cm³/mol. The van der Waals surface area contributed by atoms with Gasteiger partial charge in [-0.2, -0.15) is 0 Å². The Bertz CT molecular complexity index is 2160. The van der Waals surface area contributed by atoms with Crippen LogP contribution in [0.3, 0.4) is 0 Å². The lowest BCUT2D eigenvalue weighted by Crippen LogP contribution is -2.26. The minimum Gasteiger partial charge on any atom is -0.494 e. The maximum atomic E-state index is 12.9. The van der Waals surface area contributed by atoms with Gasteiger partial charge in [0.25, 0.3) is 6.29 Å². The number of ether oxygens (including phenoxy) is 9. The highest BCUT2D eigenvalue weighted by Gasteiger charge is 2.20. The quantitative estimate of drug-likeness (QED) is 0.0171. The number of methoxy groups -OCH3 is 3. The SMILES string of the molecule is C=C(C(=O)OC)c1ccc(OCCCCCCCCCC(=O)OCCC(OC(=O)CCCCCCCCCOc2ccc(C(=C)C(=O)OC)cc2)OC(=O)CCCCCCCCCOc2ccc(C(=C)C(=O)OC)cc2)cc1. The summed E-state index contributed by atoms with van der Waals surface area (Å²) in [7, 11) is 3.98. The van der Waals surface area contributed by atoms with Crippen molar-refractivity contribution >= 4 is 52.5 Å². The highest BCUT2D eigenvalue weighted by molar-refractivity contribution is 6.16. The minimum absolute atomic E-state index is 0.0336. The Hall–Kier alpha value is -6.90. The van der Waals surface area contributed by atoms with Crippen molar-refractivity contribution in [3.8, 4) is 17.2 Å². The molecule has 0 unspecified atom stereocenters. The van der Waals surface area contributed by atoms with Gasteiger partial charge in [0.05, 0.1) is 70.9 Å². The molecule has 428 valence electrons. The minimum atomic E-state index is -1.14. The molecule has 0 aromatic heterocycles. The maximum absolute atomic E-state index is 12.9. The summed E-state index contributed by atoms with van der Waals surface area (Å²) in [5, 5.41) is 0. The van der Waals surface area contributed by atoms with Crippen LogP contribution in [0.4, 0.5) is 0 Å². The Morgan fingerprint density at radius 2 is 0.603 bits per heavy atom. The molecule has 0 aliphatic rings. The van der Waals surface area contributed by atoms with E-state index in [1.54, 1.807) is 36.4 Å². The third-order valence-electron chi connectivity index (χ3n) is 12.9. The number of rotatable bonds is 44. The van der Waals surface area contributed by atoms with Crippen molar-refractivity contribution in [1.29, 1.82) is 0 Å². The average molecular weight is 1080 g/mol. The van der Waals surface area contributed by atoms with Crippen LogP contribution in [0.5, 0.6) is 17.2 Å². The summed E-state index contributed by atoms with van der Waals surface area (Å²) < 4.78 is 48.4. The Morgan fingerprint density at radius 3 is 0.885 bits per heavy atom. The van der Waals surface area contributed by atoms with Crippen LogP contribution in [0, 0.1) is 0 Å². The van der Waals surface area contributed by atoms with Crippen molar-refractivity contribution in [2.24, 2.45) is 0 Å². The van der Waals surface area contributed by atoms with E-state index in [0.717, 1.165) is 133 Å². The highest BCUT2D eigenvalue weighted by Crippen LogP contribution is 2.23. The van der Waals surface area contributed by atoms with Crippen molar-refractivity contribution in [2.75, 3.05) is 47.8 Å². The monoisotopic (exact) mass is 1080 g/mol. The van der Waals surface area contributed by atoms with Gasteiger partial charge in [-0.15, -0.1) is 0 Å². The maximum Gasteiger partial charge on any atom is 0.337 e. The second-order valence-electron chi connectivity index (χ2n) is 19.1. The number of hydrogen-bond acceptors (Lipinski definition) is 15. The van der Waals surface area contributed by atoms with E-state index in [1.807, 2.05) is 36.4 Å². The normalized spacial score (nSPS) is 10.8. The molecule has 15 heteroatoms. The van der Waals surface area contributed by atoms with Gasteiger partial charge in [0, 0.05) is 19.3 Å². The summed E-state index contributed by atoms with van der Waals surface area (Å²) in [6, 6.07) is 21.6. The first kappa shape index (κ1) is 65.4. The van der Waals surface area contributed by atoms with Gasteiger partial charge in [-0.1, -0.05) is 152 Å². The Morgan fingerprint density at radius 1 is 0.346 bits per heavy atom. The van der Waals surface area contributed by atoms with E-state index in [4.69, 9.17) is 42.6 Å². The summed E-state index contributed by atoms with van der Waals surface area (Å²) >= 11 is 0. The van der Waals surface area contributed by atoms with Crippen molar-refractivity contribution in [3.63, 3.8) is 0 Å². The average Bonchev–Trinajstić information content (AvgIpc) is 3.45. The largest absolute Gasteiger partial charge is 0.494 e. The second-order valence-corrected chi connectivity index (χ2v) is 19.1. The van der Waals surface area contributed by atoms with Crippen LogP contribution in [0.2, 0.25) is 0 Å². The molecule has 0 heterocycles. The zero-order valence-corrected chi connectivity index (χ0v) is 46.8. The first-order chi connectivity index (χ1) is 37.8. The van der Waals surface area contributed by atoms with Crippen LogP contribution in [0.15, 0.2) is 92.5 Å². The molecule has 0 bridgehead atoms. The molecule has 0 amide bonds. The van der Waals surface area contributed by atoms with Crippen LogP contribution >= 0.6 is 0 Å². The highest BCUT2D eigenvalue weighted by atomic mass is 16.7. The molecule has 0 aliphatic carbocycles. The van der Waals surface area contributed by atoms with E-state index < -0.39 is 36.1 Å². The van der Waals surface area contributed by atoms with Crippen molar-refractivity contribution < 1.29 is 71.4 Å². The van der Waals surface area contributed by atoms with Gasteiger partial charge in [-0.3, -0.25) is 14.4 Å². The molecular formula is C63H86O15. The van der Waals surface area contributed by atoms with Crippen LogP contribution in [-0.2, 0) is 57.2 Å². The van der Waals surface area contributed by atoms with Crippen LogP contribution in [0.25, 0.3) is 16.7 Å². The molecule has 0 aliphatic heterocycles. The standard InChI is InChI=1S/C63H86O15/c1-48(61(67)70-4)51-31-37-54(38-32-51)73-44-25-19-13-7-10-16-22-28-57(64)76-47-43-60(77-58(65)29-23-17-11-8-14-20-26-45-74-55-39-33-52(34-40-55)49(2)62(68)71-5)78-59(66)30-24-18-12-9-15-21-27-46-75-56-41-35-53(36-42-56)50(3)63(69)72-6/h31-42,60H,1-3,7-30,43-47H2,4-6H3. The third kappa shape index (κ3) is 28.5. The van der Waals surface area contributed by atoms with E-state index in [1.165, 1.54) is 21.3 Å². The van der Waals surface area contributed by atoms with Crippen LogP contribution in [-0.4, -0.2) is 89.9 Å². The Kier molecular flexibility index (Phi) is 33.8. The summed E-state index contributed by atoms with van der Waals surface area (Å²) in [5.74, 6) is -0.450. The molecule has 3 rings (SSSR count). The zero-order chi connectivity index (χ0) is 56.6. The fraction of sp³-hybridized carbons (Fsp3) is 0.524. The van der Waals surface area contributed by atoms with Crippen LogP contribution < -0.4 is 14.2 Å². The van der Waals surface area contributed by atoms with Gasteiger partial charge < -0.3 is 42.6 Å². The molecule has 0 N–H and O–H groups in total. The molecule has 0 fully saturated rings. The number of carbonyl (C=O) groups excluding carboxylic acids is 6. The fourth-order valence-corrected chi connectivity index (χ4v) is 8.21. The van der Waals surface area contributed by atoms with Gasteiger partial charge in [0.15, 0.2) is 0 Å². The molecule has 0 saturated carbocycles. The number of benzene rings is 3. The van der Waals surface area contributed by atoms with E-state index >= 15 is 0 Å². The summed E-state index contributed by atoms with van der Waals surface area (Å²) in [6.07, 6.45) is 19.3. The summed E-state index contributed by atoms with van der Waals surface area (Å²) in [6.45, 7) is 13.0. The lowest BCUT2D eigenvalue weighted by molar-refractivity contribution is -0.191. The first-order valence-corrected chi connectivity index (χ1v) is 27.9. The molecule has 15 nitrogen and oxygen atoms in total. The molecule has 3 aromatic carbocycles. The molecule has 3 aromatic rings.